The summed E-state index contributed by atoms with van der Waals surface area (Å²) in [6.45, 7) is 0. The van der Waals surface area contributed by atoms with Crippen molar-refractivity contribution in [1.29, 1.82) is 0 Å². The molecule has 0 aromatic carbocycles. The molecule has 0 saturated heterocycles. The first-order valence-corrected chi connectivity index (χ1v) is 4.61. The van der Waals surface area contributed by atoms with E-state index in [1.54, 1.807) is 17.7 Å². The van der Waals surface area contributed by atoms with Gasteiger partial charge >= 0.3 is 0 Å². The van der Waals surface area contributed by atoms with E-state index in [-0.39, 0.29) is 0 Å². The van der Waals surface area contributed by atoms with Gasteiger partial charge in [-0.1, -0.05) is 0 Å². The third kappa shape index (κ3) is 1.01. The van der Waals surface area contributed by atoms with Gasteiger partial charge in [-0.3, -0.25) is 0 Å². The summed E-state index contributed by atoms with van der Waals surface area (Å²) in [5.41, 5.74) is 1.05. The largest absolute Gasteiger partial charge is 0.243 e. The lowest BCUT2D eigenvalue weighted by Gasteiger charge is -1.80. The zero-order chi connectivity index (χ0) is 6.97. The third-order valence-electron chi connectivity index (χ3n) is 1.17. The fraction of sp³-hybridized carbons (Fsp3) is 0. The van der Waals surface area contributed by atoms with E-state index < -0.39 is 0 Å². The number of thiophene rings is 1. The molecule has 2 aromatic rings. The van der Waals surface area contributed by atoms with Gasteiger partial charge in [0.15, 0.2) is 0 Å². The van der Waals surface area contributed by atoms with Gasteiger partial charge < -0.3 is 0 Å². The summed E-state index contributed by atoms with van der Waals surface area (Å²) >= 11 is 4.00. The van der Waals surface area contributed by atoms with E-state index in [1.165, 1.54) is 2.88 Å². The van der Waals surface area contributed by atoms with Gasteiger partial charge in [0.2, 0.25) is 0 Å². The van der Waals surface area contributed by atoms with Gasteiger partial charge in [-0.05, 0) is 28.7 Å². The lowest BCUT2D eigenvalue weighted by Crippen LogP contribution is -1.72. The summed E-state index contributed by atoms with van der Waals surface area (Å²) in [5.74, 6) is 0. The van der Waals surface area contributed by atoms with Crippen LogP contribution in [-0.2, 0) is 0 Å². The van der Waals surface area contributed by atoms with Crippen molar-refractivity contribution in [2.45, 2.75) is 0 Å². The van der Waals surface area contributed by atoms with Crippen LogP contribution in [0.25, 0.3) is 10.2 Å². The zero-order valence-corrected chi connectivity index (χ0v) is 7.89. The number of hydrogen-bond acceptors (Lipinski definition) is 3. The lowest BCUT2D eigenvalue weighted by molar-refractivity contribution is 1.23. The smallest absolute Gasteiger partial charge is 0.116 e. The second kappa shape index (κ2) is 2.43. The van der Waals surface area contributed by atoms with Gasteiger partial charge in [0, 0.05) is 6.20 Å². The number of hydrogen-bond donors (Lipinski definition) is 0. The third-order valence-corrected chi connectivity index (χ3v) is 2.98. The van der Waals surface area contributed by atoms with Gasteiger partial charge in [0.25, 0.3) is 0 Å². The molecule has 0 fully saturated rings. The first-order chi connectivity index (χ1) is 4.86. The molecule has 0 amide bonds. The Morgan fingerprint density at radius 3 is 3.20 bits per heavy atom. The molecule has 4 heteroatoms. The maximum Gasteiger partial charge on any atom is 0.116 e. The Labute approximate surface area is 75.5 Å². The minimum atomic E-state index is 1.05. The molecule has 0 aliphatic heterocycles. The van der Waals surface area contributed by atoms with Crippen LogP contribution in [0.1, 0.15) is 0 Å². The second-order valence-corrected chi connectivity index (χ2v) is 4.80. The van der Waals surface area contributed by atoms with Crippen LogP contribution in [0.5, 0.6) is 0 Å². The van der Waals surface area contributed by atoms with Crippen molar-refractivity contribution in [1.82, 2.24) is 9.97 Å². The Balaban J connectivity index is 2.88. The second-order valence-electron chi connectivity index (χ2n) is 1.82. The van der Waals surface area contributed by atoms with Crippen LogP contribution in [0.2, 0.25) is 0 Å². The topological polar surface area (TPSA) is 25.8 Å². The Morgan fingerprint density at radius 1 is 1.50 bits per heavy atom. The van der Waals surface area contributed by atoms with Crippen LogP contribution < -0.4 is 0 Å². The van der Waals surface area contributed by atoms with Crippen molar-refractivity contribution < 1.29 is 0 Å². The normalized spacial score (nSPS) is 10.5. The molecular weight excluding hydrogens is 259 g/mol. The summed E-state index contributed by atoms with van der Waals surface area (Å²) in [7, 11) is 0. The van der Waals surface area contributed by atoms with Crippen LogP contribution in [0.4, 0.5) is 0 Å². The molecule has 2 nitrogen and oxygen atoms in total. The summed E-state index contributed by atoms with van der Waals surface area (Å²) in [6.07, 6.45) is 3.42. The number of aromatic nitrogens is 2. The van der Waals surface area contributed by atoms with Crippen molar-refractivity contribution in [2.75, 3.05) is 0 Å². The summed E-state index contributed by atoms with van der Waals surface area (Å²) in [4.78, 5) is 8.02. The molecule has 0 radical (unpaired) electrons. The van der Waals surface area contributed by atoms with Crippen molar-refractivity contribution in [3.05, 3.63) is 21.5 Å². The van der Waals surface area contributed by atoms with E-state index >= 15 is 0 Å². The number of fused-ring (bicyclic) bond motifs is 1. The van der Waals surface area contributed by atoms with Crippen LogP contribution in [0.3, 0.4) is 0 Å². The number of halogens is 1. The highest BCUT2D eigenvalue weighted by atomic mass is 127. The summed E-state index contributed by atoms with van der Waals surface area (Å²) < 4.78 is 2.42. The molecule has 2 aromatic heterocycles. The number of rotatable bonds is 0. The zero-order valence-electron chi connectivity index (χ0n) is 4.91. The van der Waals surface area contributed by atoms with E-state index in [2.05, 4.69) is 38.6 Å². The molecule has 0 bridgehead atoms. The van der Waals surface area contributed by atoms with E-state index in [0.717, 1.165) is 10.2 Å². The molecule has 0 unspecified atom stereocenters. The molecular formula is C6H3IN2S. The van der Waals surface area contributed by atoms with Gasteiger partial charge in [0.1, 0.15) is 6.33 Å². The molecule has 0 aliphatic carbocycles. The fourth-order valence-electron chi connectivity index (χ4n) is 0.755. The lowest BCUT2D eigenvalue weighted by atomic mass is 10.5. The monoisotopic (exact) mass is 262 g/mol. The van der Waals surface area contributed by atoms with Crippen LogP contribution >= 0.6 is 33.9 Å². The fourth-order valence-corrected chi connectivity index (χ4v) is 2.47. The molecule has 0 atom stereocenters. The summed E-state index contributed by atoms with van der Waals surface area (Å²) in [5, 5.41) is 0. The Kier molecular flexibility index (Phi) is 1.57. The Hall–Kier alpha value is -0.230. The highest BCUT2D eigenvalue weighted by molar-refractivity contribution is 14.1. The highest BCUT2D eigenvalue weighted by Gasteiger charge is 1.97. The Morgan fingerprint density at radius 2 is 2.40 bits per heavy atom. The first kappa shape index (κ1) is 6.48. The van der Waals surface area contributed by atoms with E-state index in [1.807, 2.05) is 6.20 Å². The summed E-state index contributed by atoms with van der Waals surface area (Å²) in [6, 6.07) is 2.06. The molecule has 2 heterocycles. The Bertz CT molecular complexity index is 324. The van der Waals surface area contributed by atoms with E-state index in [0.29, 0.717) is 0 Å². The maximum atomic E-state index is 4.10. The standard InChI is InChI=1S/C6H3IN2S/c7-6-1-4-5(10-6)2-8-3-9-4/h1-3H. The quantitative estimate of drug-likeness (QED) is 0.681. The minimum Gasteiger partial charge on any atom is -0.243 e. The van der Waals surface area contributed by atoms with Gasteiger partial charge in [-0.2, -0.15) is 0 Å². The predicted molar refractivity (Wildman–Crippen MR) is 50.1 cm³/mol. The SMILES string of the molecule is Ic1cc2ncncc2s1. The molecule has 0 saturated carbocycles. The van der Waals surface area contributed by atoms with Crippen molar-refractivity contribution >= 4 is 44.1 Å². The average molecular weight is 262 g/mol. The van der Waals surface area contributed by atoms with E-state index in [4.69, 9.17) is 0 Å². The molecule has 10 heavy (non-hydrogen) atoms. The number of nitrogens with zero attached hydrogens (tertiary/aromatic N) is 2. The minimum absolute atomic E-state index is 1.05. The molecule has 0 N–H and O–H groups in total. The molecule has 2 rings (SSSR count). The van der Waals surface area contributed by atoms with Crippen LogP contribution in [0.15, 0.2) is 18.6 Å². The van der Waals surface area contributed by atoms with E-state index in [9.17, 15) is 0 Å². The molecule has 0 aliphatic rings. The van der Waals surface area contributed by atoms with Gasteiger partial charge in [0.05, 0.1) is 13.1 Å². The highest BCUT2D eigenvalue weighted by Crippen LogP contribution is 2.23. The maximum absolute atomic E-state index is 4.10. The van der Waals surface area contributed by atoms with Gasteiger partial charge in [-0.25, -0.2) is 9.97 Å². The molecule has 0 spiro atoms. The predicted octanol–water partition coefficient (Wildman–Crippen LogP) is 2.30. The first-order valence-electron chi connectivity index (χ1n) is 2.71. The van der Waals surface area contributed by atoms with Crippen molar-refractivity contribution in [3.63, 3.8) is 0 Å². The average Bonchev–Trinajstić information content (AvgIpc) is 2.27. The van der Waals surface area contributed by atoms with Crippen LogP contribution in [-0.4, -0.2) is 9.97 Å². The molecule has 50 valence electrons. The van der Waals surface area contributed by atoms with Gasteiger partial charge in [-0.15, -0.1) is 11.3 Å². The van der Waals surface area contributed by atoms with Crippen molar-refractivity contribution in [2.24, 2.45) is 0 Å². The van der Waals surface area contributed by atoms with Crippen molar-refractivity contribution in [3.8, 4) is 0 Å². The van der Waals surface area contributed by atoms with Crippen LogP contribution in [0, 0.1) is 2.88 Å².